The number of methoxy groups -OCH3 is 1. The van der Waals surface area contributed by atoms with E-state index in [-0.39, 0.29) is 10.9 Å². The van der Waals surface area contributed by atoms with E-state index in [0.717, 1.165) is 5.56 Å². The number of hydrogen-bond donors (Lipinski definition) is 2. The van der Waals surface area contributed by atoms with Gasteiger partial charge in [-0.05, 0) is 55.5 Å². The molecule has 28 heavy (non-hydrogen) atoms. The number of rotatable bonds is 5. The van der Waals surface area contributed by atoms with Crippen molar-refractivity contribution in [2.24, 2.45) is 4.40 Å². The zero-order chi connectivity index (χ0) is 20.0. The highest BCUT2D eigenvalue weighted by atomic mass is 32.2. The van der Waals surface area contributed by atoms with E-state index in [9.17, 15) is 8.42 Å². The Kier molecular flexibility index (Phi) is 5.96. The van der Waals surface area contributed by atoms with Gasteiger partial charge >= 0.3 is 0 Å². The first kappa shape index (κ1) is 19.4. The molecule has 0 heterocycles. The second-order valence-corrected chi connectivity index (χ2v) is 7.68. The van der Waals surface area contributed by atoms with Crippen LogP contribution in [-0.2, 0) is 10.0 Å². The van der Waals surface area contributed by atoms with Gasteiger partial charge in [-0.25, -0.2) is 0 Å². The summed E-state index contributed by atoms with van der Waals surface area (Å²) in [5, 5.41) is 6.04. The fourth-order valence-electron chi connectivity index (χ4n) is 2.43. The number of anilines is 2. The summed E-state index contributed by atoms with van der Waals surface area (Å²) in [6.07, 6.45) is 0. The maximum Gasteiger partial charge on any atom is 0.285 e. The minimum Gasteiger partial charge on any atom is -0.497 e. The summed E-state index contributed by atoms with van der Waals surface area (Å²) in [5.41, 5.74) is 2.35. The lowest BCUT2D eigenvalue weighted by molar-refractivity contribution is 0.415. The highest BCUT2D eigenvalue weighted by Gasteiger charge is 2.15. The lowest BCUT2D eigenvalue weighted by atomic mass is 10.2. The zero-order valence-corrected chi connectivity index (χ0v) is 16.4. The van der Waals surface area contributed by atoms with Crippen molar-refractivity contribution in [1.29, 1.82) is 0 Å². The minimum atomic E-state index is -3.89. The van der Waals surface area contributed by atoms with Crippen molar-refractivity contribution in [3.63, 3.8) is 0 Å². The number of sulfonamides is 1. The van der Waals surface area contributed by atoms with Gasteiger partial charge in [-0.1, -0.05) is 35.9 Å². The molecular weight excluding hydrogens is 374 g/mol. The molecule has 0 saturated heterocycles. The first-order chi connectivity index (χ1) is 13.5. The van der Waals surface area contributed by atoms with E-state index in [1.165, 1.54) is 0 Å². The van der Waals surface area contributed by atoms with Gasteiger partial charge in [0.2, 0.25) is 5.96 Å². The van der Waals surface area contributed by atoms with Crippen molar-refractivity contribution < 1.29 is 13.2 Å². The van der Waals surface area contributed by atoms with Crippen LogP contribution in [0.15, 0.2) is 88.2 Å². The second-order valence-electron chi connectivity index (χ2n) is 6.07. The molecule has 3 rings (SSSR count). The van der Waals surface area contributed by atoms with Gasteiger partial charge < -0.3 is 15.4 Å². The van der Waals surface area contributed by atoms with E-state index in [2.05, 4.69) is 15.0 Å². The fourth-order valence-corrected chi connectivity index (χ4v) is 3.35. The maximum atomic E-state index is 12.7. The number of para-hydroxylation sites is 1. The van der Waals surface area contributed by atoms with Crippen molar-refractivity contribution in [3.8, 4) is 5.75 Å². The average molecular weight is 395 g/mol. The molecule has 0 aliphatic carbocycles. The van der Waals surface area contributed by atoms with E-state index < -0.39 is 10.0 Å². The van der Waals surface area contributed by atoms with E-state index in [1.807, 2.05) is 37.3 Å². The van der Waals surface area contributed by atoms with Gasteiger partial charge in [-0.2, -0.15) is 8.42 Å². The molecule has 0 radical (unpaired) electrons. The van der Waals surface area contributed by atoms with Crippen molar-refractivity contribution >= 4 is 27.4 Å². The summed E-state index contributed by atoms with van der Waals surface area (Å²) in [4.78, 5) is 0.127. The van der Waals surface area contributed by atoms with Gasteiger partial charge in [0.05, 0.1) is 12.0 Å². The van der Waals surface area contributed by atoms with Crippen LogP contribution in [0.1, 0.15) is 5.56 Å². The molecule has 3 aromatic rings. The molecule has 0 atom stereocenters. The Bertz CT molecular complexity index is 1050. The Morgan fingerprint density at radius 2 is 1.39 bits per heavy atom. The minimum absolute atomic E-state index is 0.0944. The van der Waals surface area contributed by atoms with Crippen LogP contribution >= 0.6 is 0 Å². The summed E-state index contributed by atoms with van der Waals surface area (Å²) >= 11 is 0. The summed E-state index contributed by atoms with van der Waals surface area (Å²) in [6.45, 7) is 1.90. The average Bonchev–Trinajstić information content (AvgIpc) is 2.69. The Morgan fingerprint density at radius 3 is 1.96 bits per heavy atom. The van der Waals surface area contributed by atoms with Crippen LogP contribution in [0.25, 0.3) is 0 Å². The molecule has 6 nitrogen and oxygen atoms in total. The third-order valence-electron chi connectivity index (χ3n) is 3.92. The van der Waals surface area contributed by atoms with E-state index in [0.29, 0.717) is 17.1 Å². The normalized spacial score (nSPS) is 11.7. The van der Waals surface area contributed by atoms with E-state index in [4.69, 9.17) is 4.74 Å². The predicted octanol–water partition coefficient (Wildman–Crippen LogP) is 4.27. The zero-order valence-electron chi connectivity index (χ0n) is 15.6. The van der Waals surface area contributed by atoms with Gasteiger partial charge in [-0.15, -0.1) is 4.40 Å². The molecule has 7 heteroatoms. The van der Waals surface area contributed by atoms with Crippen LogP contribution in [0.3, 0.4) is 0 Å². The summed E-state index contributed by atoms with van der Waals surface area (Å²) < 4.78 is 34.6. The van der Waals surface area contributed by atoms with Crippen LogP contribution in [0.4, 0.5) is 11.4 Å². The third-order valence-corrected chi connectivity index (χ3v) is 5.21. The van der Waals surface area contributed by atoms with Gasteiger partial charge in [0.15, 0.2) is 0 Å². The maximum absolute atomic E-state index is 12.7. The molecule has 0 spiro atoms. The van der Waals surface area contributed by atoms with E-state index in [1.54, 1.807) is 55.6 Å². The second kappa shape index (κ2) is 8.58. The third kappa shape index (κ3) is 5.11. The Labute approximate surface area is 165 Å². The lowest BCUT2D eigenvalue weighted by Gasteiger charge is -2.13. The van der Waals surface area contributed by atoms with E-state index >= 15 is 0 Å². The first-order valence-electron chi connectivity index (χ1n) is 8.61. The predicted molar refractivity (Wildman–Crippen MR) is 112 cm³/mol. The summed E-state index contributed by atoms with van der Waals surface area (Å²) in [7, 11) is -2.31. The Balaban J connectivity index is 1.94. The number of aryl methyl sites for hydroxylation is 1. The molecule has 144 valence electrons. The largest absolute Gasteiger partial charge is 0.497 e. The van der Waals surface area contributed by atoms with Crippen LogP contribution in [0.5, 0.6) is 5.75 Å². The molecule has 0 saturated carbocycles. The smallest absolute Gasteiger partial charge is 0.285 e. The van der Waals surface area contributed by atoms with Gasteiger partial charge in [0.1, 0.15) is 5.75 Å². The summed E-state index contributed by atoms with van der Waals surface area (Å²) in [6, 6.07) is 22.9. The SMILES string of the molecule is COc1ccc(N/C(=N\S(=O)(=O)c2ccc(C)cc2)Nc2ccccc2)cc1. The quantitative estimate of drug-likeness (QED) is 0.498. The number of ether oxygens (including phenoxy) is 1. The van der Waals surface area contributed by atoms with Crippen molar-refractivity contribution in [2.75, 3.05) is 17.7 Å². The first-order valence-corrected chi connectivity index (χ1v) is 10.0. The van der Waals surface area contributed by atoms with Crippen LogP contribution in [0, 0.1) is 6.92 Å². The van der Waals surface area contributed by atoms with Crippen LogP contribution < -0.4 is 15.4 Å². The molecule has 0 fully saturated rings. The Hall–Kier alpha value is -3.32. The molecule has 0 amide bonds. The number of nitrogens with one attached hydrogen (secondary N) is 2. The van der Waals surface area contributed by atoms with Crippen molar-refractivity contribution in [1.82, 2.24) is 0 Å². The number of guanidine groups is 1. The molecule has 3 aromatic carbocycles. The highest BCUT2D eigenvalue weighted by Crippen LogP contribution is 2.18. The number of benzene rings is 3. The Morgan fingerprint density at radius 1 is 0.821 bits per heavy atom. The van der Waals surface area contributed by atoms with Gasteiger partial charge in [0.25, 0.3) is 10.0 Å². The molecule has 0 bridgehead atoms. The molecular formula is C21H21N3O3S. The molecule has 0 aromatic heterocycles. The highest BCUT2D eigenvalue weighted by molar-refractivity contribution is 7.90. The van der Waals surface area contributed by atoms with Crippen molar-refractivity contribution in [2.45, 2.75) is 11.8 Å². The standard InChI is InChI=1S/C21H21N3O3S/c1-16-8-14-20(15-9-16)28(25,26)24-21(22-17-6-4-3-5-7-17)23-18-10-12-19(27-2)13-11-18/h3-15H,1-2H3,(H2,22,23,24). The van der Waals surface area contributed by atoms with Gasteiger partial charge in [-0.3, -0.25) is 0 Å². The van der Waals surface area contributed by atoms with Crippen LogP contribution in [-0.4, -0.2) is 21.5 Å². The number of hydrogen-bond acceptors (Lipinski definition) is 3. The lowest BCUT2D eigenvalue weighted by Crippen LogP contribution is -2.23. The fraction of sp³-hybridized carbons (Fsp3) is 0.0952. The van der Waals surface area contributed by atoms with Crippen LogP contribution in [0.2, 0.25) is 0 Å². The number of nitrogens with zero attached hydrogens (tertiary/aromatic N) is 1. The molecule has 0 aliphatic rings. The molecule has 0 aliphatic heterocycles. The van der Waals surface area contributed by atoms with Gasteiger partial charge in [0, 0.05) is 11.4 Å². The molecule has 2 N–H and O–H groups in total. The van der Waals surface area contributed by atoms with Crippen molar-refractivity contribution in [3.05, 3.63) is 84.4 Å². The summed E-state index contributed by atoms with van der Waals surface area (Å²) in [5.74, 6) is 0.796. The topological polar surface area (TPSA) is 79.8 Å². The molecule has 0 unspecified atom stereocenters. The monoisotopic (exact) mass is 395 g/mol.